The molecular formula is C30H25NO6. The first-order valence-electron chi connectivity index (χ1n) is 11.8. The van der Waals surface area contributed by atoms with Crippen molar-refractivity contribution in [2.45, 2.75) is 19.2 Å². The van der Waals surface area contributed by atoms with Gasteiger partial charge < -0.3 is 23.9 Å². The van der Waals surface area contributed by atoms with Crippen molar-refractivity contribution in [3.63, 3.8) is 0 Å². The number of carbonyl (C=O) groups is 2. The Labute approximate surface area is 214 Å². The van der Waals surface area contributed by atoms with Crippen LogP contribution >= 0.6 is 0 Å². The van der Waals surface area contributed by atoms with Crippen molar-refractivity contribution in [1.82, 2.24) is 4.90 Å². The van der Waals surface area contributed by atoms with E-state index in [0.717, 1.165) is 5.56 Å². The van der Waals surface area contributed by atoms with Gasteiger partial charge in [0, 0.05) is 5.56 Å². The minimum Gasteiger partial charge on any atom is -0.507 e. The van der Waals surface area contributed by atoms with Crippen LogP contribution in [0.25, 0.3) is 5.76 Å². The number of carbonyl (C=O) groups excluding carboxylic acids is 2. The van der Waals surface area contributed by atoms with Crippen LogP contribution in [0.15, 0.2) is 107 Å². The molecule has 7 heteroatoms. The summed E-state index contributed by atoms with van der Waals surface area (Å²) in [7, 11) is 1.54. The Balaban J connectivity index is 1.55. The number of benzene rings is 3. The standard InChI is InChI=1S/C30H25NO6/c1-35-23-14-12-21(13-15-23)28(32)26-27(31(30(34)29(26)33)18-25-11-6-16-36-25)22-9-5-10-24(17-22)37-19-20-7-3-2-4-8-20/h2-17,27,32H,18-19H2,1H3. The van der Waals surface area contributed by atoms with E-state index in [1.807, 2.05) is 42.5 Å². The number of ketones is 1. The Morgan fingerprint density at radius 3 is 2.41 bits per heavy atom. The molecule has 0 saturated carbocycles. The molecule has 3 aromatic carbocycles. The monoisotopic (exact) mass is 495 g/mol. The van der Waals surface area contributed by atoms with E-state index >= 15 is 0 Å². The number of nitrogens with zero attached hydrogens (tertiary/aromatic N) is 1. The van der Waals surface area contributed by atoms with E-state index in [9.17, 15) is 14.7 Å². The molecule has 0 radical (unpaired) electrons. The number of hydrogen-bond donors (Lipinski definition) is 1. The lowest BCUT2D eigenvalue weighted by Gasteiger charge is -2.25. The summed E-state index contributed by atoms with van der Waals surface area (Å²) < 4.78 is 16.6. The van der Waals surface area contributed by atoms with E-state index in [4.69, 9.17) is 13.9 Å². The average molecular weight is 496 g/mol. The van der Waals surface area contributed by atoms with Gasteiger partial charge in [-0.3, -0.25) is 9.59 Å². The van der Waals surface area contributed by atoms with E-state index < -0.39 is 17.7 Å². The maximum absolute atomic E-state index is 13.3. The highest BCUT2D eigenvalue weighted by molar-refractivity contribution is 6.46. The van der Waals surface area contributed by atoms with Gasteiger partial charge in [0.15, 0.2) is 0 Å². The molecule has 1 aliphatic rings. The SMILES string of the molecule is COc1ccc(C(O)=C2C(=O)C(=O)N(Cc3ccco3)C2c2cccc(OCc3ccccc3)c2)cc1. The molecule has 186 valence electrons. The Morgan fingerprint density at radius 1 is 0.919 bits per heavy atom. The van der Waals surface area contributed by atoms with E-state index in [2.05, 4.69) is 0 Å². The van der Waals surface area contributed by atoms with Gasteiger partial charge in [-0.1, -0.05) is 42.5 Å². The molecule has 0 spiro atoms. The summed E-state index contributed by atoms with van der Waals surface area (Å²) in [6.45, 7) is 0.430. The number of amides is 1. The van der Waals surface area contributed by atoms with Gasteiger partial charge in [0.25, 0.3) is 11.7 Å². The summed E-state index contributed by atoms with van der Waals surface area (Å²) in [6, 6.07) is 26.2. The summed E-state index contributed by atoms with van der Waals surface area (Å²) in [5.41, 5.74) is 2.04. The number of aliphatic hydroxyl groups excluding tert-OH is 1. The fourth-order valence-corrected chi connectivity index (χ4v) is 4.38. The summed E-state index contributed by atoms with van der Waals surface area (Å²) >= 11 is 0. The summed E-state index contributed by atoms with van der Waals surface area (Å²) in [6.07, 6.45) is 1.51. The largest absolute Gasteiger partial charge is 0.507 e. The molecule has 1 amide bonds. The van der Waals surface area contributed by atoms with Gasteiger partial charge in [-0.05, 0) is 59.7 Å². The molecule has 7 nitrogen and oxygen atoms in total. The van der Waals surface area contributed by atoms with Crippen molar-refractivity contribution in [2.75, 3.05) is 7.11 Å². The molecule has 1 aromatic heterocycles. The predicted molar refractivity (Wildman–Crippen MR) is 137 cm³/mol. The third-order valence-corrected chi connectivity index (χ3v) is 6.23. The Kier molecular flexibility index (Phi) is 6.76. The summed E-state index contributed by atoms with van der Waals surface area (Å²) in [4.78, 5) is 27.9. The van der Waals surface area contributed by atoms with Gasteiger partial charge in [-0.2, -0.15) is 0 Å². The lowest BCUT2D eigenvalue weighted by Crippen LogP contribution is -2.29. The molecule has 4 aromatic rings. The molecular weight excluding hydrogens is 470 g/mol. The van der Waals surface area contributed by atoms with Crippen LogP contribution in [-0.4, -0.2) is 28.8 Å². The molecule has 1 unspecified atom stereocenters. The molecule has 0 aliphatic carbocycles. The van der Waals surface area contributed by atoms with Gasteiger partial charge in [-0.25, -0.2) is 0 Å². The fraction of sp³-hybridized carbons (Fsp3) is 0.133. The van der Waals surface area contributed by atoms with Gasteiger partial charge in [0.05, 0.1) is 31.5 Å². The highest BCUT2D eigenvalue weighted by atomic mass is 16.5. The minimum atomic E-state index is -0.840. The maximum Gasteiger partial charge on any atom is 0.296 e. The van der Waals surface area contributed by atoms with Crippen molar-refractivity contribution in [2.24, 2.45) is 0 Å². The van der Waals surface area contributed by atoms with Crippen LogP contribution in [0.1, 0.15) is 28.5 Å². The zero-order valence-electron chi connectivity index (χ0n) is 20.2. The quantitative estimate of drug-likeness (QED) is 0.198. The molecule has 1 saturated heterocycles. The van der Waals surface area contributed by atoms with Crippen molar-refractivity contribution in [3.8, 4) is 11.5 Å². The number of Topliss-reactive ketones (excluding diaryl/α,β-unsaturated/α-hetero) is 1. The Morgan fingerprint density at radius 2 is 1.70 bits per heavy atom. The molecule has 37 heavy (non-hydrogen) atoms. The van der Waals surface area contributed by atoms with Crippen LogP contribution in [0.4, 0.5) is 0 Å². The first-order chi connectivity index (χ1) is 18.0. The highest BCUT2D eigenvalue weighted by Gasteiger charge is 2.46. The van der Waals surface area contributed by atoms with Gasteiger partial charge >= 0.3 is 0 Å². The van der Waals surface area contributed by atoms with Crippen LogP contribution in [0.3, 0.4) is 0 Å². The number of methoxy groups -OCH3 is 1. The number of likely N-dealkylation sites (tertiary alicyclic amines) is 1. The molecule has 2 heterocycles. The van der Waals surface area contributed by atoms with Crippen molar-refractivity contribution in [3.05, 3.63) is 125 Å². The van der Waals surface area contributed by atoms with Crippen LogP contribution in [0.2, 0.25) is 0 Å². The molecule has 1 atom stereocenters. The van der Waals surface area contributed by atoms with E-state index in [0.29, 0.717) is 35.0 Å². The summed E-state index contributed by atoms with van der Waals surface area (Å²) in [5.74, 6) is -0.0343. The number of hydrogen-bond acceptors (Lipinski definition) is 6. The zero-order chi connectivity index (χ0) is 25.8. The van der Waals surface area contributed by atoms with Crippen LogP contribution < -0.4 is 9.47 Å². The highest BCUT2D eigenvalue weighted by Crippen LogP contribution is 2.41. The molecule has 1 aliphatic heterocycles. The second-order valence-corrected chi connectivity index (χ2v) is 8.58. The van der Waals surface area contributed by atoms with Crippen LogP contribution in [0, 0.1) is 0 Å². The van der Waals surface area contributed by atoms with E-state index in [-0.39, 0.29) is 17.9 Å². The van der Waals surface area contributed by atoms with E-state index in [1.54, 1.807) is 55.6 Å². The first kappa shape index (κ1) is 23.9. The number of rotatable bonds is 8. The number of aliphatic hydroxyl groups is 1. The van der Waals surface area contributed by atoms with Crippen LogP contribution in [-0.2, 0) is 22.7 Å². The minimum absolute atomic E-state index is 0.00179. The normalized spacial score (nSPS) is 16.7. The third-order valence-electron chi connectivity index (χ3n) is 6.23. The topological polar surface area (TPSA) is 89.2 Å². The van der Waals surface area contributed by atoms with Crippen molar-refractivity contribution in [1.29, 1.82) is 0 Å². The average Bonchev–Trinajstić information content (AvgIpc) is 3.55. The van der Waals surface area contributed by atoms with Crippen LogP contribution in [0.5, 0.6) is 11.5 Å². The third kappa shape index (κ3) is 4.97. The Hall–Kier alpha value is -4.78. The molecule has 5 rings (SSSR count). The van der Waals surface area contributed by atoms with E-state index in [1.165, 1.54) is 11.2 Å². The lowest BCUT2D eigenvalue weighted by molar-refractivity contribution is -0.140. The molecule has 1 fully saturated rings. The molecule has 1 N–H and O–H groups in total. The zero-order valence-corrected chi connectivity index (χ0v) is 20.2. The Bertz CT molecular complexity index is 1420. The lowest BCUT2D eigenvalue weighted by atomic mass is 9.95. The first-order valence-corrected chi connectivity index (χ1v) is 11.8. The maximum atomic E-state index is 13.3. The van der Waals surface area contributed by atoms with Gasteiger partial charge in [-0.15, -0.1) is 0 Å². The van der Waals surface area contributed by atoms with Crippen molar-refractivity contribution < 1.29 is 28.6 Å². The predicted octanol–water partition coefficient (Wildman–Crippen LogP) is 5.49. The number of ether oxygens (including phenoxy) is 2. The smallest absolute Gasteiger partial charge is 0.296 e. The second-order valence-electron chi connectivity index (χ2n) is 8.58. The van der Waals surface area contributed by atoms with Gasteiger partial charge in [0.2, 0.25) is 0 Å². The summed E-state index contributed by atoms with van der Waals surface area (Å²) in [5, 5.41) is 11.3. The fourth-order valence-electron chi connectivity index (χ4n) is 4.38. The molecule has 0 bridgehead atoms. The second kappa shape index (κ2) is 10.5. The van der Waals surface area contributed by atoms with Crippen molar-refractivity contribution >= 4 is 17.4 Å². The number of furan rings is 1. The van der Waals surface area contributed by atoms with Gasteiger partial charge in [0.1, 0.15) is 29.6 Å².